The summed E-state index contributed by atoms with van der Waals surface area (Å²) in [7, 11) is 0. The van der Waals surface area contributed by atoms with Gasteiger partial charge in [0, 0.05) is 4.90 Å². The van der Waals surface area contributed by atoms with Gasteiger partial charge in [-0.15, -0.1) is 11.3 Å². The van der Waals surface area contributed by atoms with Crippen molar-refractivity contribution in [2.75, 3.05) is 18.0 Å². The number of aliphatic carboxylic acids is 3. The van der Waals surface area contributed by atoms with Crippen LogP contribution in [-0.4, -0.2) is 71.1 Å². The SMILES string of the molecule is O=C(O)CN1C(=O)/C(=c2/s/c(=C(/C=C3\Sc4ccc(CO)cc4N3CC(=O)O)C3CC3)c(=O)n2CC(=O)O)SC1=S. The van der Waals surface area contributed by atoms with Crippen LogP contribution in [0.15, 0.2) is 39.0 Å². The van der Waals surface area contributed by atoms with Crippen LogP contribution < -0.4 is 19.7 Å². The van der Waals surface area contributed by atoms with E-state index in [0.717, 1.165) is 50.3 Å². The van der Waals surface area contributed by atoms with Gasteiger partial charge in [-0.2, -0.15) is 0 Å². The first-order valence-corrected chi connectivity index (χ1v) is 14.9. The third kappa shape index (κ3) is 5.83. The van der Waals surface area contributed by atoms with Crippen LogP contribution in [0.3, 0.4) is 0 Å². The molecular weight excluding hydrogens is 615 g/mol. The van der Waals surface area contributed by atoms with Gasteiger partial charge in [0.05, 0.1) is 21.9 Å². The average molecular weight is 636 g/mol. The van der Waals surface area contributed by atoms with Gasteiger partial charge in [-0.05, 0) is 48.1 Å². The van der Waals surface area contributed by atoms with E-state index in [2.05, 4.69) is 0 Å². The number of amides is 1. The number of carbonyl (C=O) groups excluding carboxylic acids is 1. The molecule has 0 spiro atoms. The van der Waals surface area contributed by atoms with E-state index in [4.69, 9.17) is 17.3 Å². The molecule has 1 amide bonds. The Balaban J connectivity index is 1.72. The zero-order valence-electron chi connectivity index (χ0n) is 20.9. The van der Waals surface area contributed by atoms with Crippen LogP contribution in [0, 0.1) is 5.92 Å². The molecule has 1 saturated carbocycles. The number of aromatic nitrogens is 1. The number of benzene rings is 1. The van der Waals surface area contributed by atoms with Crippen LogP contribution >= 0.6 is 47.1 Å². The predicted octanol–water partition coefficient (Wildman–Crippen LogP) is 0.639. The number of carboxylic acid groups (broad SMARTS) is 3. The van der Waals surface area contributed by atoms with Crippen molar-refractivity contribution >= 4 is 91.4 Å². The van der Waals surface area contributed by atoms with Crippen molar-refractivity contribution in [2.24, 2.45) is 5.92 Å². The predicted molar refractivity (Wildman–Crippen MR) is 156 cm³/mol. The van der Waals surface area contributed by atoms with Gasteiger partial charge in [-0.25, -0.2) is 0 Å². The lowest BCUT2D eigenvalue weighted by atomic mass is 10.1. The molecule has 12 nitrogen and oxygen atoms in total. The number of rotatable bonds is 9. The monoisotopic (exact) mass is 635 g/mol. The summed E-state index contributed by atoms with van der Waals surface area (Å²) in [4.78, 5) is 64.7. The zero-order valence-corrected chi connectivity index (χ0v) is 24.2. The van der Waals surface area contributed by atoms with Crippen molar-refractivity contribution in [3.63, 3.8) is 0 Å². The average Bonchev–Trinajstić information content (AvgIpc) is 3.57. The standard InChI is InChI=1S/C25H21N3O9S4/c29-10-11-1-4-15-14(5-11)26(7-17(30)31)16(39-15)6-13(12-2-3-12)20-22(36)27(8-18(32)33)24(40-20)21-23(37)28(9-19(34)35)25(38)41-21/h1,4-6,12,29H,2-3,7-10H2,(H,30,31)(H,32,33)(H,34,35)/b16-6-,20-13-,24-21-. The number of fused-ring (bicyclic) bond motifs is 1. The molecule has 0 bridgehead atoms. The van der Waals surface area contributed by atoms with Crippen LogP contribution in [-0.2, 0) is 32.3 Å². The van der Waals surface area contributed by atoms with Crippen molar-refractivity contribution in [1.82, 2.24) is 9.47 Å². The number of thiazole rings is 1. The Kier molecular flexibility index (Phi) is 8.11. The van der Waals surface area contributed by atoms with E-state index in [-0.39, 0.29) is 37.5 Å². The third-order valence-electron chi connectivity index (χ3n) is 6.34. The maximum Gasteiger partial charge on any atom is 0.323 e. The number of thioether (sulfide) groups is 2. The van der Waals surface area contributed by atoms with E-state index in [1.807, 2.05) is 0 Å². The van der Waals surface area contributed by atoms with E-state index in [9.17, 15) is 39.3 Å². The van der Waals surface area contributed by atoms with Crippen LogP contribution in [0.5, 0.6) is 0 Å². The first-order valence-electron chi connectivity index (χ1n) is 12.1. The van der Waals surface area contributed by atoms with Crippen molar-refractivity contribution in [3.8, 4) is 0 Å². The Morgan fingerprint density at radius 3 is 2.24 bits per heavy atom. The first kappa shape index (κ1) is 29.1. The summed E-state index contributed by atoms with van der Waals surface area (Å²) in [6.45, 7) is -1.98. The lowest BCUT2D eigenvalue weighted by Gasteiger charge is -2.19. The highest BCUT2D eigenvalue weighted by atomic mass is 32.2. The second kappa shape index (κ2) is 11.4. The van der Waals surface area contributed by atoms with Gasteiger partial charge in [0.15, 0.2) is 0 Å². The molecule has 3 heterocycles. The summed E-state index contributed by atoms with van der Waals surface area (Å²) in [6.07, 6.45) is 3.26. The molecule has 41 heavy (non-hydrogen) atoms. The summed E-state index contributed by atoms with van der Waals surface area (Å²) < 4.78 is 1.24. The highest BCUT2D eigenvalue weighted by Gasteiger charge is 2.36. The molecule has 1 aliphatic carbocycles. The molecular formula is C25H21N3O9S4. The highest BCUT2D eigenvalue weighted by molar-refractivity contribution is 8.30. The first-order chi connectivity index (χ1) is 19.5. The molecule has 0 atom stereocenters. The Hall–Kier alpha value is -3.44. The number of thiocarbonyl (C=S) groups is 1. The Labute approximate surface area is 248 Å². The van der Waals surface area contributed by atoms with Crippen molar-refractivity contribution in [1.29, 1.82) is 0 Å². The second-order valence-electron chi connectivity index (χ2n) is 9.26. The van der Waals surface area contributed by atoms with Gasteiger partial charge >= 0.3 is 17.9 Å². The smallest absolute Gasteiger partial charge is 0.323 e. The third-order valence-corrected chi connectivity index (χ3v) is 10.3. The van der Waals surface area contributed by atoms with Crippen molar-refractivity contribution < 1.29 is 39.6 Å². The van der Waals surface area contributed by atoms with E-state index in [1.54, 1.807) is 29.2 Å². The van der Waals surface area contributed by atoms with Crippen LogP contribution in [0.2, 0.25) is 0 Å². The largest absolute Gasteiger partial charge is 0.480 e. The Morgan fingerprint density at radius 2 is 1.63 bits per heavy atom. The Bertz CT molecular complexity index is 1740. The molecule has 0 unspecified atom stereocenters. The fourth-order valence-electron chi connectivity index (χ4n) is 4.39. The molecule has 214 valence electrons. The number of hydrogen-bond donors (Lipinski definition) is 4. The lowest BCUT2D eigenvalue weighted by molar-refractivity contribution is -0.140. The minimum Gasteiger partial charge on any atom is -0.480 e. The number of allylic oxidation sites excluding steroid dienone is 1. The summed E-state index contributed by atoms with van der Waals surface area (Å²) in [5.41, 5.74) is 1.19. The van der Waals surface area contributed by atoms with Crippen LogP contribution in [0.4, 0.5) is 5.69 Å². The van der Waals surface area contributed by atoms with Crippen LogP contribution in [0.1, 0.15) is 18.4 Å². The second-order valence-corrected chi connectivity index (χ2v) is 13.0. The van der Waals surface area contributed by atoms with Crippen LogP contribution in [0.25, 0.3) is 10.5 Å². The molecule has 1 saturated heterocycles. The molecule has 2 fully saturated rings. The topological polar surface area (TPSA) is 178 Å². The molecule has 3 aliphatic rings. The molecule has 5 rings (SSSR count). The fraction of sp³-hybridized carbons (Fsp3) is 0.280. The van der Waals surface area contributed by atoms with Gasteiger partial charge in [-0.1, -0.05) is 41.8 Å². The van der Waals surface area contributed by atoms with E-state index >= 15 is 0 Å². The molecule has 4 N–H and O–H groups in total. The van der Waals surface area contributed by atoms with Gasteiger partial charge < -0.3 is 25.3 Å². The number of hydrogen-bond acceptors (Lipinski definition) is 11. The summed E-state index contributed by atoms with van der Waals surface area (Å²) >= 11 is 8.23. The minimum atomic E-state index is -1.31. The van der Waals surface area contributed by atoms with E-state index in [1.165, 1.54) is 11.8 Å². The summed E-state index contributed by atoms with van der Waals surface area (Å²) in [5.74, 6) is -4.43. The number of nitrogens with zero attached hydrogens (tertiary/aromatic N) is 3. The fourth-order valence-corrected chi connectivity index (χ4v) is 8.13. The van der Waals surface area contributed by atoms with E-state index in [0.29, 0.717) is 21.9 Å². The number of aliphatic hydroxyl groups excluding tert-OH is 1. The molecule has 2 aliphatic heterocycles. The summed E-state index contributed by atoms with van der Waals surface area (Å²) in [5, 5.41) is 38.4. The molecule has 1 aromatic heterocycles. The van der Waals surface area contributed by atoms with Crippen molar-refractivity contribution in [3.05, 3.63) is 54.4 Å². The van der Waals surface area contributed by atoms with Gasteiger partial charge in [0.1, 0.15) is 33.5 Å². The minimum absolute atomic E-state index is 0.0168. The number of aliphatic hydroxyl groups is 1. The maximum absolute atomic E-state index is 13.7. The quantitative estimate of drug-likeness (QED) is 0.283. The number of carboxylic acids is 3. The summed E-state index contributed by atoms with van der Waals surface area (Å²) in [6, 6.07) is 5.23. The van der Waals surface area contributed by atoms with Gasteiger partial charge in [0.25, 0.3) is 11.5 Å². The zero-order chi connectivity index (χ0) is 29.6. The number of carbonyl (C=O) groups is 4. The Morgan fingerprint density at radius 1 is 0.976 bits per heavy atom. The maximum atomic E-state index is 13.7. The van der Waals surface area contributed by atoms with Gasteiger partial charge in [-0.3, -0.25) is 33.4 Å². The van der Waals surface area contributed by atoms with Crippen molar-refractivity contribution in [2.45, 2.75) is 30.9 Å². The normalized spacial score (nSPS) is 19.7. The lowest BCUT2D eigenvalue weighted by Crippen LogP contribution is -2.37. The molecule has 1 aromatic carbocycles. The molecule has 2 aromatic rings. The van der Waals surface area contributed by atoms with E-state index < -0.39 is 42.5 Å². The highest BCUT2D eigenvalue weighted by Crippen LogP contribution is 2.48. The molecule has 0 radical (unpaired) electrons. The van der Waals surface area contributed by atoms with Gasteiger partial charge in [0.2, 0.25) is 0 Å². The molecule has 16 heteroatoms. The number of anilines is 1.